The van der Waals surface area contributed by atoms with Crippen molar-refractivity contribution < 1.29 is 4.79 Å². The molecule has 0 unspecified atom stereocenters. The van der Waals surface area contributed by atoms with Gasteiger partial charge in [0.2, 0.25) is 0 Å². The second-order valence-electron chi connectivity index (χ2n) is 4.28. The molecule has 2 nitrogen and oxygen atoms in total. The lowest BCUT2D eigenvalue weighted by Crippen LogP contribution is -2.24. The van der Waals surface area contributed by atoms with Gasteiger partial charge in [-0.1, -0.05) is 34.1 Å². The number of halogens is 1. The van der Waals surface area contributed by atoms with Crippen molar-refractivity contribution in [3.05, 3.63) is 64.6 Å². The number of carbonyl (C=O) groups excluding carboxylic acids is 1. The molecule has 0 aromatic heterocycles. The van der Waals surface area contributed by atoms with Gasteiger partial charge in [0, 0.05) is 21.5 Å². The predicted molar refractivity (Wildman–Crippen MR) is 88.3 cm³/mol. The van der Waals surface area contributed by atoms with Gasteiger partial charge in [0.25, 0.3) is 5.91 Å². The first-order valence-corrected chi connectivity index (χ1v) is 8.25. The molecule has 0 fully saturated rings. The molecule has 2 rings (SSSR count). The highest BCUT2D eigenvalue weighted by Crippen LogP contribution is 2.17. The largest absolute Gasteiger partial charge is 0.352 e. The molecule has 0 radical (unpaired) electrons. The Kier molecular flexibility index (Phi) is 6.15. The van der Waals surface area contributed by atoms with E-state index >= 15 is 0 Å². The van der Waals surface area contributed by atoms with Gasteiger partial charge in [0.1, 0.15) is 0 Å². The van der Waals surface area contributed by atoms with E-state index in [4.69, 9.17) is 0 Å². The molecule has 0 saturated carbocycles. The molecule has 0 aliphatic rings. The monoisotopic (exact) mass is 349 g/mol. The lowest BCUT2D eigenvalue weighted by atomic mass is 10.2. The maximum Gasteiger partial charge on any atom is 0.251 e. The summed E-state index contributed by atoms with van der Waals surface area (Å²) in [6, 6.07) is 17.7. The van der Waals surface area contributed by atoms with Gasteiger partial charge in [0.15, 0.2) is 0 Å². The Morgan fingerprint density at radius 1 is 1.05 bits per heavy atom. The lowest BCUT2D eigenvalue weighted by molar-refractivity contribution is 0.0954. The van der Waals surface area contributed by atoms with Crippen molar-refractivity contribution in [2.45, 2.75) is 11.3 Å². The van der Waals surface area contributed by atoms with E-state index in [2.05, 4.69) is 33.4 Å². The number of nitrogens with one attached hydrogen (secondary N) is 1. The normalized spacial score (nSPS) is 10.2. The Morgan fingerprint density at radius 2 is 1.75 bits per heavy atom. The standard InChI is InChI=1S/C16H16BrNOS/c17-14-9-7-13(8-10-14)16(19)18-11-4-12-20-15-5-2-1-3-6-15/h1-3,5-10H,4,11-12H2,(H,18,19). The minimum Gasteiger partial charge on any atom is -0.352 e. The summed E-state index contributed by atoms with van der Waals surface area (Å²) < 4.78 is 0.980. The maximum atomic E-state index is 11.9. The van der Waals surface area contributed by atoms with E-state index in [9.17, 15) is 4.79 Å². The van der Waals surface area contributed by atoms with E-state index in [-0.39, 0.29) is 5.91 Å². The number of carbonyl (C=O) groups is 1. The van der Waals surface area contributed by atoms with E-state index < -0.39 is 0 Å². The highest BCUT2D eigenvalue weighted by molar-refractivity contribution is 9.10. The summed E-state index contributed by atoms with van der Waals surface area (Å²) in [4.78, 5) is 13.1. The number of rotatable bonds is 6. The SMILES string of the molecule is O=C(NCCCSc1ccccc1)c1ccc(Br)cc1. The van der Waals surface area contributed by atoms with Crippen LogP contribution in [0.3, 0.4) is 0 Å². The summed E-state index contributed by atoms with van der Waals surface area (Å²) in [5.74, 6) is 0.993. The zero-order valence-electron chi connectivity index (χ0n) is 11.0. The molecular formula is C16H16BrNOS. The zero-order chi connectivity index (χ0) is 14.2. The Balaban J connectivity index is 1.66. The quantitative estimate of drug-likeness (QED) is 0.620. The van der Waals surface area contributed by atoms with Gasteiger partial charge in [-0.05, 0) is 48.6 Å². The van der Waals surface area contributed by atoms with E-state index in [1.165, 1.54) is 4.90 Å². The number of benzene rings is 2. The summed E-state index contributed by atoms with van der Waals surface area (Å²) in [7, 11) is 0. The van der Waals surface area contributed by atoms with Crippen LogP contribution in [0, 0.1) is 0 Å². The molecule has 1 N–H and O–H groups in total. The Bertz CT molecular complexity index is 542. The fraction of sp³-hybridized carbons (Fsp3) is 0.188. The molecule has 2 aromatic carbocycles. The topological polar surface area (TPSA) is 29.1 Å². The van der Waals surface area contributed by atoms with Gasteiger partial charge in [0.05, 0.1) is 0 Å². The van der Waals surface area contributed by atoms with Gasteiger partial charge in [-0.25, -0.2) is 0 Å². The molecule has 2 aromatic rings. The van der Waals surface area contributed by atoms with Crippen molar-refractivity contribution in [3.63, 3.8) is 0 Å². The van der Waals surface area contributed by atoms with Crippen LogP contribution in [0.25, 0.3) is 0 Å². The third-order valence-corrected chi connectivity index (χ3v) is 4.35. The van der Waals surface area contributed by atoms with Crippen molar-refractivity contribution >= 4 is 33.6 Å². The molecule has 0 atom stereocenters. The first-order valence-electron chi connectivity index (χ1n) is 6.47. The summed E-state index contributed by atoms with van der Waals surface area (Å²) in [5.41, 5.74) is 0.698. The fourth-order valence-corrected chi connectivity index (χ4v) is 2.82. The number of hydrogen-bond acceptors (Lipinski definition) is 2. The minimum atomic E-state index is -0.0118. The fourth-order valence-electron chi connectivity index (χ4n) is 1.68. The summed E-state index contributed by atoms with van der Waals surface area (Å²) in [6.07, 6.45) is 0.960. The molecule has 20 heavy (non-hydrogen) atoms. The van der Waals surface area contributed by atoms with Crippen LogP contribution in [0.15, 0.2) is 64.0 Å². The summed E-state index contributed by atoms with van der Waals surface area (Å²) >= 11 is 5.17. The first kappa shape index (κ1) is 15.1. The third-order valence-electron chi connectivity index (χ3n) is 2.73. The van der Waals surface area contributed by atoms with Crippen molar-refractivity contribution in [3.8, 4) is 0 Å². The van der Waals surface area contributed by atoms with E-state index in [1.54, 1.807) is 0 Å². The van der Waals surface area contributed by atoms with Gasteiger partial charge >= 0.3 is 0 Å². The number of thioether (sulfide) groups is 1. The van der Waals surface area contributed by atoms with Crippen molar-refractivity contribution in [2.24, 2.45) is 0 Å². The number of amides is 1. The van der Waals surface area contributed by atoms with Crippen LogP contribution in [-0.4, -0.2) is 18.2 Å². The third kappa shape index (κ3) is 5.02. The highest BCUT2D eigenvalue weighted by atomic mass is 79.9. The maximum absolute atomic E-state index is 11.9. The van der Waals surface area contributed by atoms with Crippen LogP contribution in [0.5, 0.6) is 0 Å². The molecule has 4 heteroatoms. The minimum absolute atomic E-state index is 0.0118. The van der Waals surface area contributed by atoms with E-state index in [0.717, 1.165) is 16.6 Å². The Labute approximate surface area is 132 Å². The second-order valence-corrected chi connectivity index (χ2v) is 6.36. The average Bonchev–Trinajstić information content (AvgIpc) is 2.48. The van der Waals surface area contributed by atoms with Crippen LogP contribution >= 0.6 is 27.7 Å². The van der Waals surface area contributed by atoms with Crippen LogP contribution in [0.2, 0.25) is 0 Å². The smallest absolute Gasteiger partial charge is 0.251 e. The summed E-state index contributed by atoms with van der Waals surface area (Å²) in [6.45, 7) is 0.703. The molecular weight excluding hydrogens is 334 g/mol. The van der Waals surface area contributed by atoms with Crippen LogP contribution in [0.4, 0.5) is 0 Å². The Morgan fingerprint density at radius 3 is 2.45 bits per heavy atom. The molecule has 0 heterocycles. The molecule has 0 saturated heterocycles. The Hall–Kier alpha value is -1.26. The van der Waals surface area contributed by atoms with Gasteiger partial charge in [-0.3, -0.25) is 4.79 Å². The van der Waals surface area contributed by atoms with Crippen LogP contribution < -0.4 is 5.32 Å². The summed E-state index contributed by atoms with van der Waals surface area (Å²) in [5, 5.41) is 2.94. The van der Waals surface area contributed by atoms with Crippen molar-refractivity contribution in [2.75, 3.05) is 12.3 Å². The second kappa shape index (κ2) is 8.12. The molecule has 0 aliphatic carbocycles. The molecule has 0 bridgehead atoms. The zero-order valence-corrected chi connectivity index (χ0v) is 13.4. The number of hydrogen-bond donors (Lipinski definition) is 1. The molecule has 104 valence electrons. The van der Waals surface area contributed by atoms with Gasteiger partial charge in [-0.15, -0.1) is 11.8 Å². The van der Waals surface area contributed by atoms with Crippen LogP contribution in [0.1, 0.15) is 16.8 Å². The lowest BCUT2D eigenvalue weighted by Gasteiger charge is -2.05. The molecule has 1 amide bonds. The van der Waals surface area contributed by atoms with Gasteiger partial charge < -0.3 is 5.32 Å². The predicted octanol–water partition coefficient (Wildman–Crippen LogP) is 4.36. The average molecular weight is 350 g/mol. The highest BCUT2D eigenvalue weighted by Gasteiger charge is 2.03. The van der Waals surface area contributed by atoms with Crippen molar-refractivity contribution in [1.82, 2.24) is 5.32 Å². The molecule has 0 spiro atoms. The van der Waals surface area contributed by atoms with Crippen molar-refractivity contribution in [1.29, 1.82) is 0 Å². The molecule has 0 aliphatic heterocycles. The van der Waals surface area contributed by atoms with E-state index in [1.807, 2.05) is 54.2 Å². The van der Waals surface area contributed by atoms with Crippen LogP contribution in [-0.2, 0) is 0 Å². The first-order chi connectivity index (χ1) is 9.75. The van der Waals surface area contributed by atoms with E-state index in [0.29, 0.717) is 12.1 Å². The van der Waals surface area contributed by atoms with Gasteiger partial charge in [-0.2, -0.15) is 0 Å².